The van der Waals surface area contributed by atoms with E-state index < -0.39 is 28.4 Å². The summed E-state index contributed by atoms with van der Waals surface area (Å²) in [5, 5.41) is 0. The smallest absolute Gasteiger partial charge is 0.320 e. The van der Waals surface area contributed by atoms with Gasteiger partial charge in [-0.2, -0.15) is 4.72 Å². The Kier molecular flexibility index (Phi) is 4.65. The zero-order chi connectivity index (χ0) is 13.9. The fourth-order valence-corrected chi connectivity index (χ4v) is 3.07. The van der Waals surface area contributed by atoms with Crippen molar-refractivity contribution in [2.24, 2.45) is 0 Å². The first-order valence-electron chi connectivity index (χ1n) is 4.59. The summed E-state index contributed by atoms with van der Waals surface area (Å²) in [6.45, 7) is -0.525. The molecule has 0 bridgehead atoms. The van der Waals surface area contributed by atoms with Crippen molar-refractivity contribution >= 4 is 37.6 Å². The van der Waals surface area contributed by atoms with Gasteiger partial charge in [0.1, 0.15) is 12.4 Å². The molecule has 1 rings (SSSR count). The first-order valence-corrected chi connectivity index (χ1v) is 6.86. The molecule has 100 valence electrons. The van der Waals surface area contributed by atoms with Gasteiger partial charge in [0.25, 0.3) is 0 Å². The van der Waals surface area contributed by atoms with E-state index in [1.165, 1.54) is 0 Å². The van der Waals surface area contributed by atoms with Crippen molar-refractivity contribution < 1.29 is 22.3 Å². The van der Waals surface area contributed by atoms with Crippen molar-refractivity contribution in [2.75, 3.05) is 19.4 Å². The van der Waals surface area contributed by atoms with Crippen LogP contribution in [0.15, 0.2) is 21.5 Å². The molecule has 18 heavy (non-hydrogen) atoms. The molecule has 0 saturated heterocycles. The number of carbonyl (C=O) groups is 1. The molecule has 0 unspecified atom stereocenters. The molecule has 0 fully saturated rings. The maximum atomic E-state index is 13.1. The third-order valence-electron chi connectivity index (χ3n) is 1.97. The number of benzene rings is 1. The predicted molar refractivity (Wildman–Crippen MR) is 65.7 cm³/mol. The number of nitrogens with one attached hydrogen (secondary N) is 1. The molecule has 0 aliphatic carbocycles. The highest BCUT2D eigenvalue weighted by atomic mass is 79.9. The summed E-state index contributed by atoms with van der Waals surface area (Å²) < 4.78 is 43.0. The predicted octanol–water partition coefficient (Wildman–Crippen LogP) is 0.622. The standard InChI is InChI=1S/C9H10BrFN2O4S/c1-17-9(14)4-13-18(15,16)8-3-7(12)6(11)2-5(8)10/h2-3,13H,4,12H2,1H3. The summed E-state index contributed by atoms with van der Waals surface area (Å²) in [7, 11) is -2.85. The average Bonchev–Trinajstić information content (AvgIpc) is 2.30. The van der Waals surface area contributed by atoms with Gasteiger partial charge >= 0.3 is 5.97 Å². The largest absolute Gasteiger partial charge is 0.468 e. The van der Waals surface area contributed by atoms with Crippen molar-refractivity contribution in [2.45, 2.75) is 4.90 Å². The van der Waals surface area contributed by atoms with Gasteiger partial charge in [0.15, 0.2) is 0 Å². The number of anilines is 1. The first-order chi connectivity index (χ1) is 8.27. The lowest BCUT2D eigenvalue weighted by molar-refractivity contribution is -0.139. The molecule has 3 N–H and O–H groups in total. The zero-order valence-corrected chi connectivity index (χ0v) is 11.6. The SMILES string of the molecule is COC(=O)CNS(=O)(=O)c1cc(N)c(F)cc1Br. The summed E-state index contributed by atoms with van der Waals surface area (Å²) in [5.74, 6) is -1.49. The monoisotopic (exact) mass is 340 g/mol. The van der Waals surface area contributed by atoms with Crippen molar-refractivity contribution in [3.8, 4) is 0 Å². The van der Waals surface area contributed by atoms with E-state index in [0.717, 1.165) is 19.2 Å². The topological polar surface area (TPSA) is 98.5 Å². The normalized spacial score (nSPS) is 11.3. The van der Waals surface area contributed by atoms with Crippen LogP contribution in [0.2, 0.25) is 0 Å². The number of sulfonamides is 1. The van der Waals surface area contributed by atoms with Crippen LogP contribution < -0.4 is 10.5 Å². The molecule has 1 aromatic rings. The van der Waals surface area contributed by atoms with Crippen LogP contribution in [-0.4, -0.2) is 28.0 Å². The van der Waals surface area contributed by atoms with Crippen LogP contribution in [0.4, 0.5) is 10.1 Å². The van der Waals surface area contributed by atoms with Crippen LogP contribution >= 0.6 is 15.9 Å². The third kappa shape index (κ3) is 3.40. The molecule has 0 amide bonds. The van der Waals surface area contributed by atoms with Gasteiger partial charge in [0.05, 0.1) is 17.7 Å². The van der Waals surface area contributed by atoms with Gasteiger partial charge in [-0.1, -0.05) is 0 Å². The van der Waals surface area contributed by atoms with Crippen LogP contribution in [0, 0.1) is 5.82 Å². The molecule has 0 aliphatic heterocycles. The quantitative estimate of drug-likeness (QED) is 0.618. The van der Waals surface area contributed by atoms with Gasteiger partial charge in [-0.25, -0.2) is 12.8 Å². The molecule has 0 radical (unpaired) electrons. The number of ether oxygens (including phenoxy) is 1. The summed E-state index contributed by atoms with van der Waals surface area (Å²) >= 11 is 2.91. The van der Waals surface area contributed by atoms with E-state index in [0.29, 0.717) is 0 Å². The molecule has 0 saturated carbocycles. The van der Waals surface area contributed by atoms with Crippen LogP contribution in [0.1, 0.15) is 0 Å². The first kappa shape index (κ1) is 14.9. The average molecular weight is 341 g/mol. The number of halogens is 2. The number of methoxy groups -OCH3 is 1. The fourth-order valence-electron chi connectivity index (χ4n) is 1.05. The minimum Gasteiger partial charge on any atom is -0.468 e. The van der Waals surface area contributed by atoms with E-state index in [-0.39, 0.29) is 15.1 Å². The maximum absolute atomic E-state index is 13.1. The minimum absolute atomic E-state index is 0.00608. The van der Waals surface area contributed by atoms with Crippen molar-refractivity contribution in [3.05, 3.63) is 22.4 Å². The van der Waals surface area contributed by atoms with E-state index in [2.05, 4.69) is 20.7 Å². The molecule has 0 aromatic heterocycles. The number of carbonyl (C=O) groups excluding carboxylic acids is 1. The van der Waals surface area contributed by atoms with Gasteiger partial charge < -0.3 is 10.5 Å². The Morgan fingerprint density at radius 1 is 1.56 bits per heavy atom. The highest BCUT2D eigenvalue weighted by molar-refractivity contribution is 9.10. The Morgan fingerprint density at radius 2 is 2.17 bits per heavy atom. The summed E-state index contributed by atoms with van der Waals surface area (Å²) in [6, 6.07) is 1.89. The summed E-state index contributed by atoms with van der Waals surface area (Å²) in [4.78, 5) is 10.6. The van der Waals surface area contributed by atoms with E-state index in [1.807, 2.05) is 4.72 Å². The number of hydrogen-bond donors (Lipinski definition) is 2. The maximum Gasteiger partial charge on any atom is 0.320 e. The number of nitrogens with two attached hydrogens (primary N) is 1. The van der Waals surface area contributed by atoms with E-state index in [4.69, 9.17) is 5.73 Å². The number of esters is 1. The molecule has 0 spiro atoms. The second-order valence-corrected chi connectivity index (χ2v) is 5.79. The van der Waals surface area contributed by atoms with Crippen molar-refractivity contribution in [1.29, 1.82) is 0 Å². The van der Waals surface area contributed by atoms with E-state index in [9.17, 15) is 17.6 Å². The fraction of sp³-hybridized carbons (Fsp3) is 0.222. The lowest BCUT2D eigenvalue weighted by atomic mass is 10.3. The van der Waals surface area contributed by atoms with Crippen molar-refractivity contribution in [1.82, 2.24) is 4.72 Å². The lowest BCUT2D eigenvalue weighted by Crippen LogP contribution is -2.30. The third-order valence-corrected chi connectivity index (χ3v) is 4.33. The minimum atomic E-state index is -3.98. The number of hydrogen-bond acceptors (Lipinski definition) is 5. The van der Waals surface area contributed by atoms with Crippen LogP contribution in [0.25, 0.3) is 0 Å². The molecule has 0 aliphatic rings. The summed E-state index contributed by atoms with van der Waals surface area (Å²) in [5.41, 5.74) is 4.98. The van der Waals surface area contributed by atoms with Gasteiger partial charge in [0, 0.05) is 4.47 Å². The lowest BCUT2D eigenvalue weighted by Gasteiger charge is -2.09. The van der Waals surface area contributed by atoms with Gasteiger partial charge in [-0.15, -0.1) is 0 Å². The Hall–Kier alpha value is -1.19. The Labute approximate surface area is 111 Å². The van der Waals surface area contributed by atoms with E-state index in [1.54, 1.807) is 0 Å². The van der Waals surface area contributed by atoms with Crippen LogP contribution in [0.5, 0.6) is 0 Å². The van der Waals surface area contributed by atoms with Crippen molar-refractivity contribution in [3.63, 3.8) is 0 Å². The molecular weight excluding hydrogens is 331 g/mol. The Balaban J connectivity index is 3.06. The second kappa shape index (κ2) is 5.63. The Morgan fingerprint density at radius 3 is 2.72 bits per heavy atom. The number of nitrogen functional groups attached to an aromatic ring is 1. The van der Waals surface area contributed by atoms with Gasteiger partial charge in [0.2, 0.25) is 10.0 Å². The Bertz CT molecular complexity index is 576. The zero-order valence-electron chi connectivity index (χ0n) is 9.24. The second-order valence-electron chi connectivity index (χ2n) is 3.20. The van der Waals surface area contributed by atoms with Gasteiger partial charge in [-0.05, 0) is 28.1 Å². The molecule has 6 nitrogen and oxygen atoms in total. The van der Waals surface area contributed by atoms with E-state index >= 15 is 0 Å². The molecular formula is C9H10BrFN2O4S. The molecule has 1 aromatic carbocycles. The number of rotatable bonds is 4. The molecule has 0 atom stereocenters. The van der Waals surface area contributed by atoms with Gasteiger partial charge in [-0.3, -0.25) is 4.79 Å². The summed E-state index contributed by atoms with van der Waals surface area (Å²) in [6.07, 6.45) is 0. The highest BCUT2D eigenvalue weighted by Gasteiger charge is 2.20. The van der Waals surface area contributed by atoms with Crippen LogP contribution in [-0.2, 0) is 19.6 Å². The highest BCUT2D eigenvalue weighted by Crippen LogP contribution is 2.26. The van der Waals surface area contributed by atoms with Crippen LogP contribution in [0.3, 0.4) is 0 Å². The molecule has 9 heteroatoms. The molecule has 0 heterocycles.